The average molecular weight is 400 g/mol. The van der Waals surface area contributed by atoms with E-state index in [0.29, 0.717) is 49.1 Å². The van der Waals surface area contributed by atoms with Gasteiger partial charge in [-0.25, -0.2) is 4.79 Å². The molecule has 8 nitrogen and oxygen atoms in total. The fourth-order valence-corrected chi connectivity index (χ4v) is 2.87. The van der Waals surface area contributed by atoms with Crippen molar-refractivity contribution in [1.82, 2.24) is 4.90 Å². The number of hydrogen-bond donors (Lipinski definition) is 2. The number of ether oxygens (including phenoxy) is 3. The van der Waals surface area contributed by atoms with Crippen molar-refractivity contribution in [2.75, 3.05) is 45.3 Å². The van der Waals surface area contributed by atoms with Gasteiger partial charge in [-0.05, 0) is 29.8 Å². The van der Waals surface area contributed by atoms with Gasteiger partial charge in [-0.1, -0.05) is 18.2 Å². The minimum atomic E-state index is -0.605. The number of rotatable bonds is 8. The summed E-state index contributed by atoms with van der Waals surface area (Å²) in [5, 5.41) is 11.9. The Morgan fingerprint density at radius 1 is 1.14 bits per heavy atom. The molecule has 0 spiro atoms. The fourth-order valence-electron chi connectivity index (χ4n) is 2.87. The van der Waals surface area contributed by atoms with Gasteiger partial charge in [0.25, 0.3) is 5.91 Å². The van der Waals surface area contributed by atoms with Crippen LogP contribution in [0.1, 0.15) is 15.9 Å². The van der Waals surface area contributed by atoms with Gasteiger partial charge < -0.3 is 29.5 Å². The third-order valence-electron chi connectivity index (χ3n) is 4.35. The summed E-state index contributed by atoms with van der Waals surface area (Å²) in [6, 6.07) is 12.3. The van der Waals surface area contributed by atoms with Gasteiger partial charge in [-0.3, -0.25) is 4.79 Å². The van der Waals surface area contributed by atoms with Crippen LogP contribution in [0.25, 0.3) is 0 Å². The summed E-state index contributed by atoms with van der Waals surface area (Å²) in [7, 11) is 1.64. The highest BCUT2D eigenvalue weighted by atomic mass is 16.6. The van der Waals surface area contributed by atoms with Gasteiger partial charge in [0.05, 0.1) is 12.2 Å². The van der Waals surface area contributed by atoms with E-state index in [2.05, 4.69) is 5.32 Å². The molecule has 0 saturated carbocycles. The summed E-state index contributed by atoms with van der Waals surface area (Å²) >= 11 is 0. The Kier molecular flexibility index (Phi) is 6.91. The number of esters is 1. The van der Waals surface area contributed by atoms with Crippen LogP contribution in [0.3, 0.4) is 0 Å². The van der Waals surface area contributed by atoms with Gasteiger partial charge in [-0.2, -0.15) is 0 Å². The fraction of sp³-hybridized carbons (Fsp3) is 0.333. The number of benzene rings is 2. The maximum atomic E-state index is 12.4. The van der Waals surface area contributed by atoms with Crippen LogP contribution in [0.4, 0.5) is 5.69 Å². The van der Waals surface area contributed by atoms with Crippen LogP contribution in [-0.2, 0) is 16.1 Å². The monoisotopic (exact) mass is 400 g/mol. The predicted molar refractivity (Wildman–Crippen MR) is 106 cm³/mol. The van der Waals surface area contributed by atoms with E-state index in [9.17, 15) is 9.59 Å². The number of nitrogens with zero attached hydrogens (tertiary/aromatic N) is 1. The molecule has 1 aliphatic rings. The van der Waals surface area contributed by atoms with E-state index in [0.717, 1.165) is 5.56 Å². The lowest BCUT2D eigenvalue weighted by Gasteiger charge is -2.21. The van der Waals surface area contributed by atoms with Crippen LogP contribution < -0.4 is 14.8 Å². The van der Waals surface area contributed by atoms with Crippen molar-refractivity contribution in [3.05, 3.63) is 53.6 Å². The molecule has 0 atom stereocenters. The third-order valence-corrected chi connectivity index (χ3v) is 4.35. The van der Waals surface area contributed by atoms with Crippen molar-refractivity contribution in [3.63, 3.8) is 0 Å². The molecule has 0 saturated heterocycles. The summed E-state index contributed by atoms with van der Waals surface area (Å²) in [6.45, 7) is 1.24. The molecule has 154 valence electrons. The normalized spacial score (nSPS) is 12.2. The Hall–Kier alpha value is -3.26. The van der Waals surface area contributed by atoms with Crippen LogP contribution in [0.2, 0.25) is 0 Å². The van der Waals surface area contributed by atoms with E-state index in [4.69, 9.17) is 19.3 Å². The van der Waals surface area contributed by atoms with Crippen LogP contribution in [0.5, 0.6) is 11.5 Å². The Morgan fingerprint density at radius 2 is 1.90 bits per heavy atom. The third kappa shape index (κ3) is 5.39. The van der Waals surface area contributed by atoms with E-state index < -0.39 is 5.97 Å². The van der Waals surface area contributed by atoms with Crippen molar-refractivity contribution in [1.29, 1.82) is 0 Å². The standard InChI is InChI=1S/C21H24N2O6/c1-23(13-15-6-7-18-19(12-15)28-11-10-27-18)20(25)14-29-21(26)16-4-2-3-5-17(16)22-8-9-24/h2-7,12,22,24H,8-11,13-14H2,1H3. The Balaban J connectivity index is 1.54. The van der Waals surface area contributed by atoms with Crippen molar-refractivity contribution in [2.24, 2.45) is 0 Å². The second kappa shape index (κ2) is 9.79. The first-order chi connectivity index (χ1) is 14.1. The zero-order valence-corrected chi connectivity index (χ0v) is 16.2. The number of amides is 1. The molecule has 0 aliphatic carbocycles. The summed E-state index contributed by atoms with van der Waals surface area (Å²) in [6.07, 6.45) is 0. The Morgan fingerprint density at radius 3 is 2.69 bits per heavy atom. The maximum absolute atomic E-state index is 12.4. The number of carbonyl (C=O) groups excluding carboxylic acids is 2. The molecule has 2 aromatic carbocycles. The number of fused-ring (bicyclic) bond motifs is 1. The van der Waals surface area contributed by atoms with Gasteiger partial charge in [0.15, 0.2) is 18.1 Å². The first-order valence-electron chi connectivity index (χ1n) is 9.32. The first-order valence-corrected chi connectivity index (χ1v) is 9.32. The number of nitrogens with one attached hydrogen (secondary N) is 1. The van der Waals surface area contributed by atoms with Crippen molar-refractivity contribution in [3.8, 4) is 11.5 Å². The highest BCUT2D eigenvalue weighted by molar-refractivity contribution is 5.96. The van der Waals surface area contributed by atoms with Gasteiger partial charge in [0, 0.05) is 25.8 Å². The number of hydrogen-bond acceptors (Lipinski definition) is 7. The molecule has 1 amide bonds. The molecule has 0 bridgehead atoms. The minimum Gasteiger partial charge on any atom is -0.486 e. The van der Waals surface area contributed by atoms with E-state index in [1.54, 1.807) is 31.3 Å². The minimum absolute atomic E-state index is 0.0630. The van der Waals surface area contributed by atoms with Crippen molar-refractivity contribution in [2.45, 2.75) is 6.54 Å². The predicted octanol–water partition coefficient (Wildman–Crippen LogP) is 1.68. The summed E-state index contributed by atoms with van der Waals surface area (Å²) in [5.74, 6) is 0.422. The van der Waals surface area contributed by atoms with Gasteiger partial charge in [-0.15, -0.1) is 0 Å². The van der Waals surface area contributed by atoms with E-state index in [1.807, 2.05) is 18.2 Å². The number of para-hydroxylation sites is 1. The van der Waals surface area contributed by atoms with Gasteiger partial charge in [0.1, 0.15) is 13.2 Å². The summed E-state index contributed by atoms with van der Waals surface area (Å²) in [4.78, 5) is 26.2. The molecule has 8 heteroatoms. The molecular weight excluding hydrogens is 376 g/mol. The molecule has 0 radical (unpaired) electrons. The number of carbonyl (C=O) groups is 2. The first kappa shape index (κ1) is 20.5. The van der Waals surface area contributed by atoms with Crippen molar-refractivity contribution < 1.29 is 28.9 Å². The number of aliphatic hydroxyl groups excluding tert-OH is 1. The van der Waals surface area contributed by atoms with Crippen LogP contribution in [0.15, 0.2) is 42.5 Å². The average Bonchev–Trinajstić information content (AvgIpc) is 2.75. The lowest BCUT2D eigenvalue weighted by atomic mass is 10.2. The van der Waals surface area contributed by atoms with Gasteiger partial charge in [0.2, 0.25) is 0 Å². The summed E-state index contributed by atoms with van der Waals surface area (Å²) in [5.41, 5.74) is 1.74. The Bertz CT molecular complexity index is 870. The second-order valence-corrected chi connectivity index (χ2v) is 6.50. The summed E-state index contributed by atoms with van der Waals surface area (Å²) < 4.78 is 16.2. The molecular formula is C21H24N2O6. The lowest BCUT2D eigenvalue weighted by Crippen LogP contribution is -2.31. The molecule has 2 N–H and O–H groups in total. The van der Waals surface area contributed by atoms with Gasteiger partial charge >= 0.3 is 5.97 Å². The van der Waals surface area contributed by atoms with Crippen LogP contribution in [-0.4, -0.2) is 61.9 Å². The maximum Gasteiger partial charge on any atom is 0.340 e. The molecule has 3 rings (SSSR count). The van der Waals surface area contributed by atoms with Crippen LogP contribution >= 0.6 is 0 Å². The zero-order chi connectivity index (χ0) is 20.6. The Labute approximate surface area is 169 Å². The van der Waals surface area contributed by atoms with E-state index in [-0.39, 0.29) is 19.1 Å². The molecule has 29 heavy (non-hydrogen) atoms. The topological polar surface area (TPSA) is 97.3 Å². The highest BCUT2D eigenvalue weighted by Crippen LogP contribution is 2.31. The quantitative estimate of drug-likeness (QED) is 0.651. The number of anilines is 1. The van der Waals surface area contributed by atoms with Crippen LogP contribution in [0, 0.1) is 0 Å². The molecule has 0 unspecified atom stereocenters. The number of likely N-dealkylation sites (N-methyl/N-ethyl adjacent to an activating group) is 1. The molecule has 1 heterocycles. The smallest absolute Gasteiger partial charge is 0.340 e. The molecule has 0 aromatic heterocycles. The molecule has 2 aromatic rings. The number of aliphatic hydroxyl groups is 1. The largest absolute Gasteiger partial charge is 0.486 e. The SMILES string of the molecule is CN(Cc1ccc2c(c1)OCCO2)C(=O)COC(=O)c1ccccc1NCCO. The molecule has 1 aliphatic heterocycles. The second-order valence-electron chi connectivity index (χ2n) is 6.50. The van der Waals surface area contributed by atoms with Crippen molar-refractivity contribution >= 4 is 17.6 Å². The highest BCUT2D eigenvalue weighted by Gasteiger charge is 2.17. The zero-order valence-electron chi connectivity index (χ0n) is 16.2. The lowest BCUT2D eigenvalue weighted by molar-refractivity contribution is -0.133. The van der Waals surface area contributed by atoms with E-state index >= 15 is 0 Å². The molecule has 0 fully saturated rings. The van der Waals surface area contributed by atoms with E-state index in [1.165, 1.54) is 4.90 Å².